The molecule has 9 heteroatoms. The van der Waals surface area contributed by atoms with E-state index in [-0.39, 0.29) is 23.6 Å². The maximum atomic E-state index is 13.2. The molecule has 2 bridgehead atoms. The van der Waals surface area contributed by atoms with E-state index in [1.54, 1.807) is 0 Å². The summed E-state index contributed by atoms with van der Waals surface area (Å²) in [4.78, 5) is 24.5. The van der Waals surface area contributed by atoms with Gasteiger partial charge in [0, 0.05) is 24.7 Å². The number of amides is 1. The average Bonchev–Trinajstić information content (AvgIpc) is 3.29. The lowest BCUT2D eigenvalue weighted by molar-refractivity contribution is 0.107. The Morgan fingerprint density at radius 1 is 1.16 bits per heavy atom. The van der Waals surface area contributed by atoms with Gasteiger partial charge < -0.3 is 14.8 Å². The number of thiophene rings is 1. The highest BCUT2D eigenvalue weighted by Gasteiger charge is 2.41. The molecule has 2 fully saturated rings. The first-order valence-corrected chi connectivity index (χ1v) is 11.2. The molecule has 0 aliphatic carbocycles. The summed E-state index contributed by atoms with van der Waals surface area (Å²) in [5.41, 5.74) is 1.78. The second-order valence-corrected chi connectivity index (χ2v) is 8.93. The van der Waals surface area contributed by atoms with Crippen molar-refractivity contribution in [3.63, 3.8) is 0 Å². The summed E-state index contributed by atoms with van der Waals surface area (Å²) < 4.78 is 23.9. The minimum Gasteiger partial charge on any atom is -0.477 e. The zero-order chi connectivity index (χ0) is 21.4. The predicted octanol–water partition coefficient (Wildman–Crippen LogP) is 4.12. The van der Waals surface area contributed by atoms with Crippen LogP contribution in [0.5, 0.6) is 11.8 Å². The largest absolute Gasteiger partial charge is 0.477 e. The molecular formula is C22H23FN4O3S. The zero-order valence-electron chi connectivity index (χ0n) is 17.1. The van der Waals surface area contributed by atoms with Gasteiger partial charge in [-0.05, 0) is 54.8 Å². The van der Waals surface area contributed by atoms with E-state index >= 15 is 0 Å². The van der Waals surface area contributed by atoms with Crippen LogP contribution < -0.4 is 14.8 Å². The van der Waals surface area contributed by atoms with Gasteiger partial charge in [0.2, 0.25) is 0 Å². The molecule has 1 amide bonds. The van der Waals surface area contributed by atoms with E-state index in [1.165, 1.54) is 30.6 Å². The van der Waals surface area contributed by atoms with E-state index in [9.17, 15) is 9.18 Å². The number of hydrogen-bond acceptors (Lipinski definition) is 7. The number of ether oxygens (including phenoxy) is 2. The fourth-order valence-corrected chi connectivity index (χ4v) is 5.39. The van der Waals surface area contributed by atoms with Crippen LogP contribution in [0.15, 0.2) is 35.7 Å². The number of aromatic nitrogens is 2. The second-order valence-electron chi connectivity index (χ2n) is 8.04. The first-order valence-electron chi connectivity index (χ1n) is 10.4. The minimum absolute atomic E-state index is 0.0401. The summed E-state index contributed by atoms with van der Waals surface area (Å²) in [6, 6.07) is 9.35. The first kappa shape index (κ1) is 20.1. The summed E-state index contributed by atoms with van der Waals surface area (Å²) in [7, 11) is 1.47. The van der Waals surface area contributed by atoms with Crippen molar-refractivity contribution in [3.8, 4) is 11.8 Å². The number of benzene rings is 1. The number of piperidine rings is 1. The Morgan fingerprint density at radius 3 is 2.61 bits per heavy atom. The molecule has 2 aliphatic rings. The molecule has 2 atom stereocenters. The average molecular weight is 443 g/mol. The molecule has 2 unspecified atom stereocenters. The van der Waals surface area contributed by atoms with E-state index < -0.39 is 6.09 Å². The van der Waals surface area contributed by atoms with E-state index in [1.807, 2.05) is 23.6 Å². The minimum atomic E-state index is -0.543. The molecule has 5 rings (SSSR count). The molecule has 1 aromatic carbocycles. The van der Waals surface area contributed by atoms with Gasteiger partial charge in [-0.2, -0.15) is 4.98 Å². The Balaban J connectivity index is 1.21. The van der Waals surface area contributed by atoms with E-state index in [4.69, 9.17) is 9.47 Å². The van der Waals surface area contributed by atoms with Gasteiger partial charge in [-0.3, -0.25) is 4.90 Å². The standard InChI is InChI=1S/C22H23FN4O3S/c1-29-19-20(25-18-8-9-31-21(18)26-19)30-22(28)24-15-10-16-6-7-17(11-15)27(16)12-13-2-4-14(23)5-3-13/h2-5,8-9,15-17H,6-7,10-12H2,1H3,(H,24,28). The van der Waals surface area contributed by atoms with Gasteiger partial charge in [-0.15, -0.1) is 11.3 Å². The first-order chi connectivity index (χ1) is 15.1. The van der Waals surface area contributed by atoms with Gasteiger partial charge in [0.1, 0.15) is 16.2 Å². The molecule has 0 saturated carbocycles. The van der Waals surface area contributed by atoms with Crippen molar-refractivity contribution in [2.24, 2.45) is 0 Å². The van der Waals surface area contributed by atoms with Crippen LogP contribution in [-0.2, 0) is 6.54 Å². The number of fused-ring (bicyclic) bond motifs is 3. The SMILES string of the molecule is COc1nc2sccc2nc1OC(=O)NC1CC2CCC(C1)N2Cc1ccc(F)cc1. The fraction of sp³-hybridized carbons (Fsp3) is 0.409. The molecule has 2 saturated heterocycles. The summed E-state index contributed by atoms with van der Waals surface area (Å²) in [6.45, 7) is 0.806. The Morgan fingerprint density at radius 2 is 1.90 bits per heavy atom. The van der Waals surface area contributed by atoms with Crippen LogP contribution in [0.2, 0.25) is 0 Å². The maximum absolute atomic E-state index is 13.2. The molecule has 0 spiro atoms. The fourth-order valence-electron chi connectivity index (χ4n) is 4.69. The van der Waals surface area contributed by atoms with Crippen LogP contribution in [-0.4, -0.2) is 46.2 Å². The quantitative estimate of drug-likeness (QED) is 0.641. The molecule has 31 heavy (non-hydrogen) atoms. The zero-order valence-corrected chi connectivity index (χ0v) is 17.9. The molecule has 3 aromatic rings. The molecule has 4 heterocycles. The van der Waals surface area contributed by atoms with Crippen molar-refractivity contribution < 1.29 is 18.7 Å². The van der Waals surface area contributed by atoms with Crippen molar-refractivity contribution in [2.45, 2.75) is 50.4 Å². The number of hydrogen-bond donors (Lipinski definition) is 1. The Hall–Kier alpha value is -2.78. The summed E-state index contributed by atoms with van der Waals surface area (Å²) in [5.74, 6) is 0.0505. The third kappa shape index (κ3) is 4.20. The van der Waals surface area contributed by atoms with Gasteiger partial charge >= 0.3 is 6.09 Å². The van der Waals surface area contributed by atoms with Crippen molar-refractivity contribution in [1.82, 2.24) is 20.2 Å². The number of rotatable bonds is 5. The number of methoxy groups -OCH3 is 1. The van der Waals surface area contributed by atoms with Crippen LogP contribution in [0.4, 0.5) is 9.18 Å². The van der Waals surface area contributed by atoms with E-state index in [0.29, 0.717) is 17.6 Å². The van der Waals surface area contributed by atoms with Crippen molar-refractivity contribution in [1.29, 1.82) is 0 Å². The van der Waals surface area contributed by atoms with Gasteiger partial charge in [-0.25, -0.2) is 14.2 Å². The third-order valence-electron chi connectivity index (χ3n) is 6.10. The van der Waals surface area contributed by atoms with Gasteiger partial charge in [-0.1, -0.05) is 12.1 Å². The highest BCUT2D eigenvalue weighted by Crippen LogP contribution is 2.37. The van der Waals surface area contributed by atoms with Gasteiger partial charge in [0.05, 0.1) is 7.11 Å². The van der Waals surface area contributed by atoms with Crippen molar-refractivity contribution >= 4 is 27.8 Å². The molecule has 2 aliphatic heterocycles. The summed E-state index contributed by atoms with van der Waals surface area (Å²) >= 11 is 1.45. The molecular weight excluding hydrogens is 419 g/mol. The summed E-state index contributed by atoms with van der Waals surface area (Å²) in [5, 5.41) is 4.87. The lowest BCUT2D eigenvalue weighted by Gasteiger charge is -2.39. The molecule has 2 aromatic heterocycles. The third-order valence-corrected chi connectivity index (χ3v) is 6.90. The Kier molecular flexibility index (Phi) is 5.45. The normalized spacial score (nSPS) is 23.1. The molecule has 162 valence electrons. The van der Waals surface area contributed by atoms with Gasteiger partial charge in [0.25, 0.3) is 11.8 Å². The highest BCUT2D eigenvalue weighted by atomic mass is 32.1. The molecule has 1 N–H and O–H groups in total. The number of nitrogens with one attached hydrogen (secondary N) is 1. The smallest absolute Gasteiger partial charge is 0.414 e. The monoisotopic (exact) mass is 442 g/mol. The Bertz CT molecular complexity index is 1080. The van der Waals surface area contributed by atoms with E-state index in [2.05, 4.69) is 20.2 Å². The molecule has 7 nitrogen and oxygen atoms in total. The van der Waals surface area contributed by atoms with Crippen molar-refractivity contribution in [2.75, 3.05) is 7.11 Å². The lowest BCUT2D eigenvalue weighted by Crippen LogP contribution is -2.50. The highest BCUT2D eigenvalue weighted by molar-refractivity contribution is 7.16. The summed E-state index contributed by atoms with van der Waals surface area (Å²) in [6.07, 6.45) is 3.39. The number of carbonyl (C=O) groups is 1. The van der Waals surface area contributed by atoms with E-state index in [0.717, 1.165) is 42.6 Å². The second kappa shape index (κ2) is 8.39. The lowest BCUT2D eigenvalue weighted by atomic mass is 9.96. The van der Waals surface area contributed by atoms with Crippen LogP contribution >= 0.6 is 11.3 Å². The van der Waals surface area contributed by atoms with Crippen LogP contribution in [0, 0.1) is 5.82 Å². The maximum Gasteiger partial charge on any atom is 0.414 e. The number of carbonyl (C=O) groups excluding carboxylic acids is 1. The topological polar surface area (TPSA) is 76.6 Å². The van der Waals surface area contributed by atoms with Crippen molar-refractivity contribution in [3.05, 3.63) is 47.1 Å². The van der Waals surface area contributed by atoms with Crippen LogP contribution in [0.3, 0.4) is 0 Å². The van der Waals surface area contributed by atoms with Gasteiger partial charge in [0.15, 0.2) is 0 Å². The van der Waals surface area contributed by atoms with Crippen LogP contribution in [0.1, 0.15) is 31.2 Å². The molecule has 0 radical (unpaired) electrons. The number of halogens is 1. The van der Waals surface area contributed by atoms with Crippen LogP contribution in [0.25, 0.3) is 10.3 Å². The predicted molar refractivity (Wildman–Crippen MR) is 115 cm³/mol. The Labute approximate surface area is 183 Å². The number of nitrogens with zero attached hydrogens (tertiary/aromatic N) is 3.